The molecule has 0 bridgehead atoms. The lowest BCUT2D eigenvalue weighted by molar-refractivity contribution is 0.0985. The van der Waals surface area contributed by atoms with Crippen molar-refractivity contribution in [2.24, 2.45) is 0 Å². The number of aryl methyl sites for hydroxylation is 1. The minimum atomic E-state index is -0.176. The summed E-state index contributed by atoms with van der Waals surface area (Å²) in [4.78, 5) is 30.0. The smallest absolute Gasteiger partial charge is 0.258 e. The molecular formula is C24H20N2O2. The highest BCUT2D eigenvalue weighted by atomic mass is 16.2. The molecule has 0 aliphatic carbocycles. The highest BCUT2D eigenvalue weighted by Gasteiger charge is 2.19. The Hall–Kier alpha value is -3.66. The van der Waals surface area contributed by atoms with E-state index in [0.29, 0.717) is 12.1 Å². The Balaban J connectivity index is 1.80. The van der Waals surface area contributed by atoms with E-state index in [1.165, 1.54) is 0 Å². The Morgan fingerprint density at radius 3 is 2.32 bits per heavy atom. The molecule has 1 amide bonds. The molecule has 28 heavy (non-hydrogen) atoms. The molecule has 4 aromatic rings. The van der Waals surface area contributed by atoms with Crippen molar-refractivity contribution in [3.63, 3.8) is 0 Å². The number of carbonyl (C=O) groups excluding carboxylic acids is 1. The summed E-state index contributed by atoms with van der Waals surface area (Å²) in [7, 11) is 0. The number of pyridine rings is 1. The van der Waals surface area contributed by atoms with Crippen molar-refractivity contribution in [3.05, 3.63) is 112 Å². The third kappa shape index (κ3) is 3.58. The third-order valence-electron chi connectivity index (χ3n) is 4.78. The molecule has 0 saturated heterocycles. The number of fused-ring (bicyclic) bond motifs is 1. The van der Waals surface area contributed by atoms with Crippen LogP contribution in [0.3, 0.4) is 0 Å². The number of para-hydroxylation sites is 2. The van der Waals surface area contributed by atoms with E-state index in [4.69, 9.17) is 0 Å². The number of hydrogen-bond donors (Lipinski definition) is 1. The molecule has 0 aliphatic rings. The number of anilines is 1. The molecule has 0 fully saturated rings. The number of nitrogens with zero attached hydrogens (tertiary/aromatic N) is 1. The van der Waals surface area contributed by atoms with Gasteiger partial charge in [0.15, 0.2) is 0 Å². The molecule has 1 N–H and O–H groups in total. The lowest BCUT2D eigenvalue weighted by atomic mass is 10.1. The van der Waals surface area contributed by atoms with Gasteiger partial charge in [-0.05, 0) is 42.8 Å². The minimum absolute atomic E-state index is 0.101. The van der Waals surface area contributed by atoms with Crippen LogP contribution in [0.5, 0.6) is 0 Å². The van der Waals surface area contributed by atoms with Crippen LogP contribution < -0.4 is 10.5 Å². The van der Waals surface area contributed by atoms with Crippen LogP contribution in [0.2, 0.25) is 0 Å². The summed E-state index contributed by atoms with van der Waals surface area (Å²) in [6.45, 7) is 2.30. The van der Waals surface area contributed by atoms with Crippen LogP contribution in [-0.4, -0.2) is 10.9 Å². The largest absolute Gasteiger partial charge is 0.322 e. The van der Waals surface area contributed by atoms with Gasteiger partial charge in [-0.1, -0.05) is 54.1 Å². The van der Waals surface area contributed by atoms with E-state index >= 15 is 0 Å². The molecule has 0 saturated carbocycles. The molecule has 4 nitrogen and oxygen atoms in total. The second-order valence-electron chi connectivity index (χ2n) is 6.80. The number of H-pyrrole nitrogens is 1. The summed E-state index contributed by atoms with van der Waals surface area (Å²) in [6.07, 6.45) is 0. The molecule has 1 heterocycles. The van der Waals surface area contributed by atoms with E-state index in [1.807, 2.05) is 85.8 Å². The highest BCUT2D eigenvalue weighted by molar-refractivity contribution is 6.06. The molecule has 0 spiro atoms. The number of aromatic amines is 1. The monoisotopic (exact) mass is 368 g/mol. The molecular weight excluding hydrogens is 348 g/mol. The maximum Gasteiger partial charge on any atom is 0.258 e. The molecule has 1 aromatic heterocycles. The number of amides is 1. The number of hydrogen-bond acceptors (Lipinski definition) is 2. The topological polar surface area (TPSA) is 53.2 Å². The van der Waals surface area contributed by atoms with Crippen LogP contribution in [0, 0.1) is 6.92 Å². The molecule has 4 heteroatoms. The predicted molar refractivity (Wildman–Crippen MR) is 113 cm³/mol. The average Bonchev–Trinajstić information content (AvgIpc) is 2.72. The molecule has 0 atom stereocenters. The first-order valence-electron chi connectivity index (χ1n) is 9.16. The van der Waals surface area contributed by atoms with E-state index in [1.54, 1.807) is 11.0 Å². The Morgan fingerprint density at radius 2 is 1.57 bits per heavy atom. The van der Waals surface area contributed by atoms with Gasteiger partial charge in [0.2, 0.25) is 5.56 Å². The maximum atomic E-state index is 13.3. The van der Waals surface area contributed by atoms with Gasteiger partial charge in [0.1, 0.15) is 0 Å². The number of nitrogens with one attached hydrogen (secondary N) is 1. The van der Waals surface area contributed by atoms with E-state index in [9.17, 15) is 9.59 Å². The zero-order valence-electron chi connectivity index (χ0n) is 15.6. The molecule has 3 aromatic carbocycles. The lowest BCUT2D eigenvalue weighted by Gasteiger charge is -2.24. The maximum absolute atomic E-state index is 13.3. The van der Waals surface area contributed by atoms with Crippen molar-refractivity contribution in [1.29, 1.82) is 0 Å². The van der Waals surface area contributed by atoms with Crippen LogP contribution >= 0.6 is 0 Å². The highest BCUT2D eigenvalue weighted by Crippen LogP contribution is 2.23. The normalized spacial score (nSPS) is 10.8. The standard InChI is InChI=1S/C24H20N2O2/c1-17-11-13-18(14-12-17)24(28)26(20-7-3-2-4-8-20)16-19-15-23(27)25-22-10-6-5-9-21(19)22/h2-15H,16H2,1H3,(H,25,27). The fourth-order valence-corrected chi connectivity index (χ4v) is 3.32. The zero-order valence-corrected chi connectivity index (χ0v) is 15.6. The minimum Gasteiger partial charge on any atom is -0.322 e. The van der Waals surface area contributed by atoms with Gasteiger partial charge in [0, 0.05) is 28.2 Å². The lowest BCUT2D eigenvalue weighted by Crippen LogP contribution is -2.31. The predicted octanol–water partition coefficient (Wildman–Crippen LogP) is 4.68. The molecule has 138 valence electrons. The molecule has 0 unspecified atom stereocenters. The first kappa shape index (κ1) is 17.7. The van der Waals surface area contributed by atoms with E-state index < -0.39 is 0 Å². The fourth-order valence-electron chi connectivity index (χ4n) is 3.32. The van der Waals surface area contributed by atoms with Gasteiger partial charge in [-0.15, -0.1) is 0 Å². The van der Waals surface area contributed by atoms with Crippen molar-refractivity contribution >= 4 is 22.5 Å². The van der Waals surface area contributed by atoms with Crippen LogP contribution in [0.1, 0.15) is 21.5 Å². The number of carbonyl (C=O) groups is 1. The summed E-state index contributed by atoms with van der Waals surface area (Å²) < 4.78 is 0. The van der Waals surface area contributed by atoms with Crippen molar-refractivity contribution in [1.82, 2.24) is 4.98 Å². The number of rotatable bonds is 4. The number of benzene rings is 3. The Labute approximate surface area is 163 Å². The summed E-state index contributed by atoms with van der Waals surface area (Å²) in [6, 6.07) is 26.3. The van der Waals surface area contributed by atoms with Crippen molar-refractivity contribution in [2.75, 3.05) is 4.90 Å². The van der Waals surface area contributed by atoms with Crippen LogP contribution in [0.4, 0.5) is 5.69 Å². The Kier molecular flexibility index (Phi) is 4.77. The quantitative estimate of drug-likeness (QED) is 0.568. The van der Waals surface area contributed by atoms with Crippen molar-refractivity contribution in [2.45, 2.75) is 13.5 Å². The van der Waals surface area contributed by atoms with Crippen LogP contribution in [0.25, 0.3) is 10.9 Å². The first-order chi connectivity index (χ1) is 13.6. The fraction of sp³-hybridized carbons (Fsp3) is 0.0833. The van der Waals surface area contributed by atoms with Gasteiger partial charge in [-0.3, -0.25) is 9.59 Å². The summed E-state index contributed by atoms with van der Waals surface area (Å²) >= 11 is 0. The van der Waals surface area contributed by atoms with E-state index in [-0.39, 0.29) is 11.5 Å². The number of aromatic nitrogens is 1. The summed E-state index contributed by atoms with van der Waals surface area (Å²) in [5, 5.41) is 0.930. The van der Waals surface area contributed by atoms with E-state index in [2.05, 4.69) is 4.98 Å². The summed E-state index contributed by atoms with van der Waals surface area (Å²) in [5.74, 6) is -0.101. The molecule has 0 aliphatic heterocycles. The first-order valence-corrected chi connectivity index (χ1v) is 9.16. The summed E-state index contributed by atoms with van der Waals surface area (Å²) in [5.41, 5.74) is 3.90. The average molecular weight is 368 g/mol. The van der Waals surface area contributed by atoms with Gasteiger partial charge in [-0.2, -0.15) is 0 Å². The zero-order chi connectivity index (χ0) is 19.5. The van der Waals surface area contributed by atoms with Gasteiger partial charge in [-0.25, -0.2) is 0 Å². The molecule has 4 rings (SSSR count). The second kappa shape index (κ2) is 7.53. The van der Waals surface area contributed by atoms with Crippen LogP contribution in [0.15, 0.2) is 89.7 Å². The Bertz CT molecular complexity index is 1180. The molecule has 0 radical (unpaired) electrons. The van der Waals surface area contributed by atoms with Gasteiger partial charge in [0.05, 0.1) is 6.54 Å². The van der Waals surface area contributed by atoms with Gasteiger partial charge >= 0.3 is 0 Å². The Morgan fingerprint density at radius 1 is 0.893 bits per heavy atom. The van der Waals surface area contributed by atoms with Crippen molar-refractivity contribution < 1.29 is 4.79 Å². The van der Waals surface area contributed by atoms with Gasteiger partial charge in [0.25, 0.3) is 5.91 Å². The second-order valence-corrected chi connectivity index (χ2v) is 6.80. The van der Waals surface area contributed by atoms with Crippen LogP contribution in [-0.2, 0) is 6.54 Å². The van der Waals surface area contributed by atoms with Gasteiger partial charge < -0.3 is 9.88 Å². The third-order valence-corrected chi connectivity index (χ3v) is 4.78. The van der Waals surface area contributed by atoms with Crippen molar-refractivity contribution in [3.8, 4) is 0 Å². The SMILES string of the molecule is Cc1ccc(C(=O)N(Cc2cc(=O)[nH]c3ccccc23)c2ccccc2)cc1. The van der Waals surface area contributed by atoms with E-state index in [0.717, 1.165) is 27.7 Å².